The van der Waals surface area contributed by atoms with Gasteiger partial charge in [-0.3, -0.25) is 10.1 Å². The fourth-order valence-corrected chi connectivity index (χ4v) is 3.08. The largest absolute Gasteiger partial charge is 0.496 e. The van der Waals surface area contributed by atoms with Crippen LogP contribution in [-0.2, 0) is 11.3 Å². The molecule has 0 aliphatic heterocycles. The van der Waals surface area contributed by atoms with E-state index in [4.69, 9.17) is 9.57 Å². The van der Waals surface area contributed by atoms with Crippen LogP contribution in [0.3, 0.4) is 0 Å². The number of carbonyl (C=O) groups excluding carboxylic acids is 1. The fourth-order valence-electron chi connectivity index (χ4n) is 3.08. The zero-order valence-electron chi connectivity index (χ0n) is 14.5. The van der Waals surface area contributed by atoms with Gasteiger partial charge < -0.3 is 9.57 Å². The zero-order valence-corrected chi connectivity index (χ0v) is 14.5. The van der Waals surface area contributed by atoms with E-state index in [2.05, 4.69) is 5.16 Å². The zero-order chi connectivity index (χ0) is 18.7. The number of nitrogens with zero attached hydrogens (tertiary/aromatic N) is 2. The lowest BCUT2D eigenvalue weighted by molar-refractivity contribution is -0.384. The Kier molecular flexibility index (Phi) is 4.97. The molecule has 7 heteroatoms. The highest BCUT2D eigenvalue weighted by Gasteiger charge is 2.20. The van der Waals surface area contributed by atoms with Crippen LogP contribution in [-0.4, -0.2) is 23.7 Å². The molecule has 0 N–H and O–H groups in total. The fraction of sp³-hybridized carbons (Fsp3) is 0.263. The van der Waals surface area contributed by atoms with E-state index in [1.165, 1.54) is 24.3 Å². The summed E-state index contributed by atoms with van der Waals surface area (Å²) in [4.78, 5) is 27.3. The first kappa shape index (κ1) is 17.6. The van der Waals surface area contributed by atoms with Crippen LogP contribution in [0.1, 0.15) is 39.9 Å². The van der Waals surface area contributed by atoms with Gasteiger partial charge in [0.05, 0.1) is 23.3 Å². The summed E-state index contributed by atoms with van der Waals surface area (Å²) in [7, 11) is 1.64. The molecule has 0 bridgehead atoms. The van der Waals surface area contributed by atoms with Crippen LogP contribution < -0.4 is 4.74 Å². The van der Waals surface area contributed by atoms with Gasteiger partial charge in [-0.15, -0.1) is 0 Å². The number of rotatable bonds is 4. The third-order valence-corrected chi connectivity index (χ3v) is 4.47. The van der Waals surface area contributed by atoms with Gasteiger partial charge in [0, 0.05) is 17.7 Å². The van der Waals surface area contributed by atoms with Crippen LogP contribution in [0, 0.1) is 17.0 Å². The Morgan fingerprint density at radius 1 is 1.15 bits per heavy atom. The van der Waals surface area contributed by atoms with Gasteiger partial charge in [0.15, 0.2) is 0 Å². The van der Waals surface area contributed by atoms with Crippen molar-refractivity contribution in [3.8, 4) is 5.75 Å². The normalized spacial score (nSPS) is 14.6. The lowest BCUT2D eigenvalue weighted by Crippen LogP contribution is -2.15. The molecule has 2 aromatic rings. The SMILES string of the molecule is COc1ccc2c(c1C)CCCC2=NOC(=O)c1ccc([N+](=O)[O-])cc1. The van der Waals surface area contributed by atoms with Crippen LogP contribution in [0.4, 0.5) is 5.69 Å². The molecule has 0 unspecified atom stereocenters. The smallest absolute Gasteiger partial charge is 0.365 e. The Labute approximate surface area is 150 Å². The molecule has 0 amide bonds. The highest BCUT2D eigenvalue weighted by Crippen LogP contribution is 2.30. The topological polar surface area (TPSA) is 91.0 Å². The molecular formula is C19H18N2O5. The van der Waals surface area contributed by atoms with E-state index in [0.717, 1.165) is 35.3 Å². The second-order valence-corrected chi connectivity index (χ2v) is 5.99. The van der Waals surface area contributed by atoms with E-state index in [0.29, 0.717) is 12.1 Å². The molecule has 26 heavy (non-hydrogen) atoms. The Hall–Kier alpha value is -3.22. The summed E-state index contributed by atoms with van der Waals surface area (Å²) in [6, 6.07) is 9.03. The lowest BCUT2D eigenvalue weighted by atomic mass is 9.87. The van der Waals surface area contributed by atoms with Gasteiger partial charge in [0.25, 0.3) is 5.69 Å². The van der Waals surface area contributed by atoms with E-state index >= 15 is 0 Å². The van der Waals surface area contributed by atoms with Crippen LogP contribution in [0.5, 0.6) is 5.75 Å². The molecule has 0 heterocycles. The summed E-state index contributed by atoms with van der Waals surface area (Å²) < 4.78 is 5.36. The molecule has 3 rings (SSSR count). The Bertz CT molecular complexity index is 888. The maximum absolute atomic E-state index is 12.1. The van der Waals surface area contributed by atoms with Crippen molar-refractivity contribution in [3.05, 3.63) is 68.8 Å². The number of nitro groups is 1. The predicted molar refractivity (Wildman–Crippen MR) is 95.7 cm³/mol. The van der Waals surface area contributed by atoms with Crippen molar-refractivity contribution >= 4 is 17.4 Å². The third-order valence-electron chi connectivity index (χ3n) is 4.47. The number of non-ortho nitro benzene ring substituents is 1. The van der Waals surface area contributed by atoms with E-state index in [1.54, 1.807) is 7.11 Å². The Morgan fingerprint density at radius 2 is 1.88 bits per heavy atom. The minimum Gasteiger partial charge on any atom is -0.496 e. The van der Waals surface area contributed by atoms with Crippen molar-refractivity contribution in [1.82, 2.24) is 0 Å². The number of carbonyl (C=O) groups is 1. The molecule has 134 valence electrons. The molecule has 1 aliphatic carbocycles. The first-order chi connectivity index (χ1) is 12.5. The quantitative estimate of drug-likeness (QED) is 0.473. The van der Waals surface area contributed by atoms with Gasteiger partial charge in [-0.1, -0.05) is 5.16 Å². The number of fused-ring (bicyclic) bond motifs is 1. The molecular weight excluding hydrogens is 336 g/mol. The number of benzene rings is 2. The van der Waals surface area contributed by atoms with Crippen molar-refractivity contribution in [2.24, 2.45) is 5.16 Å². The number of nitro benzene ring substituents is 1. The van der Waals surface area contributed by atoms with E-state index < -0.39 is 10.9 Å². The summed E-state index contributed by atoms with van der Waals surface area (Å²) in [5.41, 5.74) is 4.03. The van der Waals surface area contributed by atoms with E-state index in [1.807, 2.05) is 19.1 Å². The van der Waals surface area contributed by atoms with Gasteiger partial charge in [-0.05, 0) is 61.6 Å². The van der Waals surface area contributed by atoms with Crippen molar-refractivity contribution < 1.29 is 19.3 Å². The molecule has 0 atom stereocenters. The minimum atomic E-state index is -0.648. The van der Waals surface area contributed by atoms with Crippen molar-refractivity contribution in [2.45, 2.75) is 26.2 Å². The van der Waals surface area contributed by atoms with E-state index in [-0.39, 0.29) is 11.3 Å². The van der Waals surface area contributed by atoms with Crippen LogP contribution in [0.15, 0.2) is 41.6 Å². The molecule has 0 radical (unpaired) electrons. The third kappa shape index (κ3) is 3.42. The van der Waals surface area contributed by atoms with Gasteiger partial charge in [0.1, 0.15) is 5.75 Å². The molecule has 1 aliphatic rings. The maximum atomic E-state index is 12.1. The van der Waals surface area contributed by atoms with Crippen molar-refractivity contribution in [2.75, 3.05) is 7.11 Å². The van der Waals surface area contributed by atoms with Crippen LogP contribution in [0.2, 0.25) is 0 Å². The van der Waals surface area contributed by atoms with Crippen LogP contribution >= 0.6 is 0 Å². The second kappa shape index (κ2) is 7.35. The summed E-state index contributed by atoms with van der Waals surface area (Å²) in [5, 5.41) is 14.7. The van der Waals surface area contributed by atoms with Crippen molar-refractivity contribution in [3.63, 3.8) is 0 Å². The molecule has 7 nitrogen and oxygen atoms in total. The summed E-state index contributed by atoms with van der Waals surface area (Å²) >= 11 is 0. The number of methoxy groups -OCH3 is 1. The predicted octanol–water partition coefficient (Wildman–Crippen LogP) is 3.81. The highest BCUT2D eigenvalue weighted by molar-refractivity contribution is 6.03. The second-order valence-electron chi connectivity index (χ2n) is 5.99. The standard InChI is InChI=1S/C19H18N2O5/c1-12-15-4-3-5-17(16(15)10-11-18(12)25-2)20-26-19(22)13-6-8-14(9-7-13)21(23)24/h6-11H,3-5H2,1-2H3. The number of ether oxygens (including phenoxy) is 1. The monoisotopic (exact) mass is 354 g/mol. The van der Waals surface area contributed by atoms with Gasteiger partial charge in [-0.2, -0.15) is 0 Å². The summed E-state index contributed by atoms with van der Waals surface area (Å²) in [5.74, 6) is 0.178. The molecule has 0 spiro atoms. The summed E-state index contributed by atoms with van der Waals surface area (Å²) in [6.07, 6.45) is 2.55. The average molecular weight is 354 g/mol. The number of oxime groups is 1. The Balaban J connectivity index is 1.80. The molecule has 0 saturated heterocycles. The Morgan fingerprint density at radius 3 is 2.54 bits per heavy atom. The van der Waals surface area contributed by atoms with E-state index in [9.17, 15) is 14.9 Å². The molecule has 0 fully saturated rings. The highest BCUT2D eigenvalue weighted by atomic mass is 16.7. The first-order valence-corrected chi connectivity index (χ1v) is 8.20. The molecule has 0 saturated carbocycles. The minimum absolute atomic E-state index is 0.0847. The first-order valence-electron chi connectivity index (χ1n) is 8.20. The van der Waals surface area contributed by atoms with Crippen molar-refractivity contribution in [1.29, 1.82) is 0 Å². The van der Waals surface area contributed by atoms with Crippen LogP contribution in [0.25, 0.3) is 0 Å². The van der Waals surface area contributed by atoms with Gasteiger partial charge in [0.2, 0.25) is 0 Å². The average Bonchev–Trinajstić information content (AvgIpc) is 2.66. The lowest BCUT2D eigenvalue weighted by Gasteiger charge is -2.20. The van der Waals surface area contributed by atoms with Gasteiger partial charge >= 0.3 is 5.97 Å². The maximum Gasteiger partial charge on any atom is 0.365 e. The molecule has 2 aromatic carbocycles. The molecule has 0 aromatic heterocycles. The summed E-state index contributed by atoms with van der Waals surface area (Å²) in [6.45, 7) is 2.00. The number of hydrogen-bond donors (Lipinski definition) is 0. The van der Waals surface area contributed by atoms with Gasteiger partial charge in [-0.25, -0.2) is 4.79 Å². The number of hydrogen-bond acceptors (Lipinski definition) is 6.